The van der Waals surface area contributed by atoms with E-state index in [0.717, 1.165) is 34.5 Å². The summed E-state index contributed by atoms with van der Waals surface area (Å²) in [5.74, 6) is 1.92. The van der Waals surface area contributed by atoms with E-state index in [2.05, 4.69) is 10.2 Å². The molecule has 142 valence electrons. The Hall–Kier alpha value is -2.54. The summed E-state index contributed by atoms with van der Waals surface area (Å²) in [5.41, 5.74) is 1.83. The van der Waals surface area contributed by atoms with E-state index in [1.807, 2.05) is 73.6 Å². The number of benzene rings is 1. The Labute approximate surface area is 163 Å². The number of aryl methyl sites for hydroxylation is 1. The standard InChI is InChI=1S/C20H24N4O2S/c1-5-23-19(17-11-12-26-15(17)4)21-22-20(23)27-13-18(25)24(14(2)3)16-9-7-6-8-10-16/h6-12,14H,5,13H2,1-4H3. The average molecular weight is 385 g/mol. The smallest absolute Gasteiger partial charge is 0.237 e. The second-order valence-corrected chi connectivity index (χ2v) is 7.37. The van der Waals surface area contributed by atoms with Gasteiger partial charge in [-0.15, -0.1) is 10.2 Å². The summed E-state index contributed by atoms with van der Waals surface area (Å²) in [6.07, 6.45) is 1.65. The molecule has 2 heterocycles. The van der Waals surface area contributed by atoms with Gasteiger partial charge in [-0.05, 0) is 45.9 Å². The molecular weight excluding hydrogens is 360 g/mol. The first-order chi connectivity index (χ1) is 13.0. The minimum atomic E-state index is 0.0490. The molecule has 0 atom stereocenters. The summed E-state index contributed by atoms with van der Waals surface area (Å²) in [5, 5.41) is 9.34. The van der Waals surface area contributed by atoms with Crippen LogP contribution in [-0.4, -0.2) is 32.5 Å². The second kappa shape index (κ2) is 8.43. The van der Waals surface area contributed by atoms with Crippen LogP contribution in [0.1, 0.15) is 26.5 Å². The molecule has 0 saturated carbocycles. The van der Waals surface area contributed by atoms with E-state index in [1.54, 1.807) is 6.26 Å². The van der Waals surface area contributed by atoms with Gasteiger partial charge in [0, 0.05) is 18.3 Å². The molecule has 0 aliphatic carbocycles. The topological polar surface area (TPSA) is 64.2 Å². The zero-order chi connectivity index (χ0) is 19.4. The summed E-state index contributed by atoms with van der Waals surface area (Å²) in [6.45, 7) is 8.70. The fourth-order valence-electron chi connectivity index (χ4n) is 3.01. The van der Waals surface area contributed by atoms with Crippen molar-refractivity contribution in [2.75, 3.05) is 10.7 Å². The molecule has 0 unspecified atom stereocenters. The lowest BCUT2D eigenvalue weighted by Crippen LogP contribution is -2.38. The highest BCUT2D eigenvalue weighted by molar-refractivity contribution is 7.99. The number of furan rings is 1. The van der Waals surface area contributed by atoms with Crippen molar-refractivity contribution in [3.05, 3.63) is 48.4 Å². The van der Waals surface area contributed by atoms with Gasteiger partial charge in [0.05, 0.1) is 17.6 Å². The minimum Gasteiger partial charge on any atom is -0.469 e. The van der Waals surface area contributed by atoms with Crippen LogP contribution in [0.2, 0.25) is 0 Å². The number of anilines is 1. The Kier molecular flexibility index (Phi) is 6.01. The van der Waals surface area contributed by atoms with Crippen molar-refractivity contribution in [2.24, 2.45) is 0 Å². The van der Waals surface area contributed by atoms with Crippen LogP contribution in [0, 0.1) is 6.92 Å². The molecule has 0 aliphatic rings. The van der Waals surface area contributed by atoms with Gasteiger partial charge in [0.15, 0.2) is 11.0 Å². The maximum atomic E-state index is 12.9. The van der Waals surface area contributed by atoms with Crippen LogP contribution in [0.5, 0.6) is 0 Å². The first-order valence-corrected chi connectivity index (χ1v) is 9.99. The van der Waals surface area contributed by atoms with Gasteiger partial charge in [0.2, 0.25) is 5.91 Å². The van der Waals surface area contributed by atoms with Gasteiger partial charge in [0.25, 0.3) is 0 Å². The third-order valence-corrected chi connectivity index (χ3v) is 5.23. The van der Waals surface area contributed by atoms with E-state index >= 15 is 0 Å². The van der Waals surface area contributed by atoms with Crippen LogP contribution in [0.15, 0.2) is 52.2 Å². The number of carbonyl (C=O) groups excluding carboxylic acids is 1. The predicted molar refractivity (Wildman–Crippen MR) is 108 cm³/mol. The largest absolute Gasteiger partial charge is 0.469 e. The summed E-state index contributed by atoms with van der Waals surface area (Å²) in [6, 6.07) is 11.7. The lowest BCUT2D eigenvalue weighted by atomic mass is 10.2. The first-order valence-electron chi connectivity index (χ1n) is 9.00. The van der Waals surface area contributed by atoms with Crippen LogP contribution >= 0.6 is 11.8 Å². The number of nitrogens with zero attached hydrogens (tertiary/aromatic N) is 4. The number of aromatic nitrogens is 3. The summed E-state index contributed by atoms with van der Waals surface area (Å²) in [4.78, 5) is 14.7. The van der Waals surface area contributed by atoms with Crippen LogP contribution in [-0.2, 0) is 11.3 Å². The molecule has 0 radical (unpaired) electrons. The Bertz CT molecular complexity index is 902. The predicted octanol–water partition coefficient (Wildman–Crippen LogP) is 4.40. The number of carbonyl (C=O) groups is 1. The number of hydrogen-bond acceptors (Lipinski definition) is 5. The number of amides is 1. The van der Waals surface area contributed by atoms with E-state index in [1.165, 1.54) is 11.8 Å². The van der Waals surface area contributed by atoms with Gasteiger partial charge in [0.1, 0.15) is 5.76 Å². The molecule has 3 rings (SSSR count). The third-order valence-electron chi connectivity index (χ3n) is 4.28. The molecule has 0 fully saturated rings. The van der Waals surface area contributed by atoms with Crippen LogP contribution in [0.25, 0.3) is 11.4 Å². The van der Waals surface area contributed by atoms with Crippen LogP contribution in [0.4, 0.5) is 5.69 Å². The molecule has 0 N–H and O–H groups in total. The maximum absolute atomic E-state index is 12.9. The Morgan fingerprint density at radius 1 is 1.22 bits per heavy atom. The molecule has 1 aromatic carbocycles. The van der Waals surface area contributed by atoms with Gasteiger partial charge in [-0.25, -0.2) is 0 Å². The van der Waals surface area contributed by atoms with Crippen LogP contribution in [0.3, 0.4) is 0 Å². The Balaban J connectivity index is 1.77. The number of hydrogen-bond donors (Lipinski definition) is 0. The van der Waals surface area contributed by atoms with Crippen molar-refractivity contribution >= 4 is 23.4 Å². The number of para-hydroxylation sites is 1. The quantitative estimate of drug-likeness (QED) is 0.565. The van der Waals surface area contributed by atoms with E-state index in [0.29, 0.717) is 5.75 Å². The lowest BCUT2D eigenvalue weighted by Gasteiger charge is -2.26. The molecule has 0 bridgehead atoms. The molecule has 2 aromatic heterocycles. The summed E-state index contributed by atoms with van der Waals surface area (Å²) >= 11 is 1.41. The second-order valence-electron chi connectivity index (χ2n) is 6.42. The maximum Gasteiger partial charge on any atom is 0.237 e. The van der Waals surface area contributed by atoms with Gasteiger partial charge in [-0.1, -0.05) is 30.0 Å². The average Bonchev–Trinajstić information content (AvgIpc) is 3.25. The molecule has 27 heavy (non-hydrogen) atoms. The van der Waals surface area contributed by atoms with E-state index in [4.69, 9.17) is 4.42 Å². The van der Waals surface area contributed by atoms with Crippen molar-refractivity contribution in [1.29, 1.82) is 0 Å². The van der Waals surface area contributed by atoms with Crippen molar-refractivity contribution in [1.82, 2.24) is 14.8 Å². The Morgan fingerprint density at radius 3 is 2.56 bits per heavy atom. The normalized spacial score (nSPS) is 11.1. The molecule has 3 aromatic rings. The zero-order valence-corrected chi connectivity index (χ0v) is 16.9. The lowest BCUT2D eigenvalue weighted by molar-refractivity contribution is -0.116. The third kappa shape index (κ3) is 4.08. The number of rotatable bonds is 7. The van der Waals surface area contributed by atoms with Crippen molar-refractivity contribution < 1.29 is 9.21 Å². The highest BCUT2D eigenvalue weighted by Gasteiger charge is 2.21. The number of thioether (sulfide) groups is 1. The highest BCUT2D eigenvalue weighted by Crippen LogP contribution is 2.27. The van der Waals surface area contributed by atoms with Gasteiger partial charge in [-0.3, -0.25) is 4.79 Å². The van der Waals surface area contributed by atoms with E-state index in [9.17, 15) is 4.79 Å². The van der Waals surface area contributed by atoms with Gasteiger partial charge < -0.3 is 13.9 Å². The zero-order valence-electron chi connectivity index (χ0n) is 16.0. The van der Waals surface area contributed by atoms with Crippen molar-refractivity contribution in [3.63, 3.8) is 0 Å². The van der Waals surface area contributed by atoms with E-state index < -0.39 is 0 Å². The van der Waals surface area contributed by atoms with Crippen molar-refractivity contribution in [3.8, 4) is 11.4 Å². The monoisotopic (exact) mass is 384 g/mol. The SMILES string of the molecule is CCn1c(SCC(=O)N(c2ccccc2)C(C)C)nnc1-c1ccoc1C. The first kappa shape index (κ1) is 19.2. The van der Waals surface area contributed by atoms with Gasteiger partial charge in [-0.2, -0.15) is 0 Å². The molecule has 1 amide bonds. The summed E-state index contributed by atoms with van der Waals surface area (Å²) < 4.78 is 7.40. The Morgan fingerprint density at radius 2 is 1.96 bits per heavy atom. The fraction of sp³-hybridized carbons (Fsp3) is 0.350. The molecule has 0 aliphatic heterocycles. The molecule has 0 spiro atoms. The molecule has 7 heteroatoms. The van der Waals surface area contributed by atoms with Crippen molar-refractivity contribution in [2.45, 2.75) is 45.4 Å². The highest BCUT2D eigenvalue weighted by atomic mass is 32.2. The molecule has 0 saturated heterocycles. The molecular formula is C20H24N4O2S. The minimum absolute atomic E-state index is 0.0490. The summed E-state index contributed by atoms with van der Waals surface area (Å²) in [7, 11) is 0. The fourth-order valence-corrected chi connectivity index (χ4v) is 3.87. The van der Waals surface area contributed by atoms with Crippen LogP contribution < -0.4 is 4.90 Å². The van der Waals surface area contributed by atoms with Gasteiger partial charge >= 0.3 is 0 Å². The van der Waals surface area contributed by atoms with E-state index in [-0.39, 0.29) is 11.9 Å². The molecule has 6 nitrogen and oxygen atoms in total.